The van der Waals surface area contributed by atoms with Crippen LogP contribution in [0.15, 0.2) is 47.4 Å². The van der Waals surface area contributed by atoms with Gasteiger partial charge in [0.05, 0.1) is 12.7 Å². The van der Waals surface area contributed by atoms with E-state index >= 15 is 0 Å². The van der Waals surface area contributed by atoms with Gasteiger partial charge in [0, 0.05) is 44.6 Å². The zero-order chi connectivity index (χ0) is 31.6. The lowest BCUT2D eigenvalue weighted by atomic mass is 10.0. The molecule has 0 bridgehead atoms. The predicted molar refractivity (Wildman–Crippen MR) is 171 cm³/mol. The van der Waals surface area contributed by atoms with Crippen LogP contribution >= 0.6 is 0 Å². The SMILES string of the molecule is CCCCOC[C@H]1O[C@@H](n2ccc(NC(=O)c3ccccc3)nc2=O)C[C@H](OCCCC)[C@@H](OCCCC)[C@@H]1OCCCC. The summed E-state index contributed by atoms with van der Waals surface area (Å²) in [5, 5.41) is 2.72. The highest BCUT2D eigenvalue weighted by Crippen LogP contribution is 2.32. The van der Waals surface area contributed by atoms with E-state index in [9.17, 15) is 9.59 Å². The van der Waals surface area contributed by atoms with Gasteiger partial charge in [-0.25, -0.2) is 4.79 Å². The number of unbranched alkanes of at least 4 members (excludes halogenated alkanes) is 4. The van der Waals surface area contributed by atoms with Gasteiger partial charge in [-0.3, -0.25) is 9.36 Å². The van der Waals surface area contributed by atoms with Gasteiger partial charge in [0.25, 0.3) is 5.91 Å². The molecule has 2 heterocycles. The second kappa shape index (κ2) is 20.4. The highest BCUT2D eigenvalue weighted by atomic mass is 16.6. The van der Waals surface area contributed by atoms with Crippen molar-refractivity contribution in [2.75, 3.05) is 38.4 Å². The number of ether oxygens (including phenoxy) is 5. The van der Waals surface area contributed by atoms with E-state index in [1.54, 1.807) is 36.5 Å². The standard InChI is InChI=1S/C34H53N3O7/c1-5-9-20-40-25-28-32(43-23-12-8-4)31(42-22-11-7-3)27(41-21-10-6-2)24-30(44-28)37-19-18-29(36-34(37)39)35-33(38)26-16-14-13-15-17-26/h13-19,27-28,30-32H,5-12,20-25H2,1-4H3,(H,35,36,38,39)/t27-,28+,30+,31+,32+/m0/s1. The van der Waals surface area contributed by atoms with Gasteiger partial charge in [-0.2, -0.15) is 4.98 Å². The summed E-state index contributed by atoms with van der Waals surface area (Å²) in [7, 11) is 0. The minimum absolute atomic E-state index is 0.172. The van der Waals surface area contributed by atoms with Crippen molar-refractivity contribution in [1.29, 1.82) is 0 Å². The number of benzene rings is 1. The number of nitrogens with one attached hydrogen (secondary N) is 1. The first-order valence-electron chi connectivity index (χ1n) is 16.6. The number of hydrogen-bond donors (Lipinski definition) is 1. The summed E-state index contributed by atoms with van der Waals surface area (Å²) in [4.78, 5) is 30.3. The van der Waals surface area contributed by atoms with Crippen molar-refractivity contribution in [3.63, 3.8) is 0 Å². The van der Waals surface area contributed by atoms with Crippen LogP contribution in [0.1, 0.15) is 102 Å². The Labute approximate surface area is 262 Å². The monoisotopic (exact) mass is 615 g/mol. The van der Waals surface area contributed by atoms with Crippen molar-refractivity contribution in [1.82, 2.24) is 9.55 Å². The van der Waals surface area contributed by atoms with Crippen molar-refractivity contribution >= 4 is 11.7 Å². The summed E-state index contributed by atoms with van der Waals surface area (Å²) in [6.07, 6.45) is 7.29. The summed E-state index contributed by atoms with van der Waals surface area (Å²) in [5.74, 6) is -0.167. The quantitative estimate of drug-likeness (QED) is 0.177. The fourth-order valence-corrected chi connectivity index (χ4v) is 5.00. The van der Waals surface area contributed by atoms with E-state index in [1.165, 1.54) is 4.57 Å². The van der Waals surface area contributed by atoms with E-state index < -0.39 is 30.2 Å². The van der Waals surface area contributed by atoms with Crippen LogP contribution in [0.5, 0.6) is 0 Å². The Bertz CT molecular complexity index is 1130. The zero-order valence-electron chi connectivity index (χ0n) is 27.1. The van der Waals surface area contributed by atoms with Crippen molar-refractivity contribution < 1.29 is 28.5 Å². The highest BCUT2D eigenvalue weighted by molar-refractivity contribution is 6.03. The molecule has 0 spiro atoms. The maximum Gasteiger partial charge on any atom is 0.351 e. The number of aromatic nitrogens is 2. The Balaban J connectivity index is 1.93. The first kappa shape index (κ1) is 35.8. The number of hydrogen-bond acceptors (Lipinski definition) is 8. The van der Waals surface area contributed by atoms with Crippen LogP contribution in [0, 0.1) is 0 Å². The van der Waals surface area contributed by atoms with Gasteiger partial charge in [-0.15, -0.1) is 0 Å². The summed E-state index contributed by atoms with van der Waals surface area (Å²) < 4.78 is 33.8. The molecule has 10 nitrogen and oxygen atoms in total. The fourth-order valence-electron chi connectivity index (χ4n) is 5.00. The fraction of sp³-hybridized carbons (Fsp3) is 0.676. The lowest BCUT2D eigenvalue weighted by Gasteiger charge is -2.34. The molecule has 0 saturated carbocycles. The molecule has 0 aliphatic carbocycles. The molecular weight excluding hydrogens is 562 g/mol. The topological polar surface area (TPSA) is 110 Å². The predicted octanol–water partition coefficient (Wildman–Crippen LogP) is 6.16. The van der Waals surface area contributed by atoms with Crippen molar-refractivity contribution in [3.05, 3.63) is 58.6 Å². The number of rotatable bonds is 20. The summed E-state index contributed by atoms with van der Waals surface area (Å²) in [6.45, 7) is 11.1. The van der Waals surface area contributed by atoms with Gasteiger partial charge in [0.15, 0.2) is 0 Å². The molecule has 1 aliphatic rings. The van der Waals surface area contributed by atoms with Crippen LogP contribution in [0.2, 0.25) is 0 Å². The van der Waals surface area contributed by atoms with Gasteiger partial charge < -0.3 is 29.0 Å². The van der Waals surface area contributed by atoms with Crippen LogP contribution in [0.4, 0.5) is 5.82 Å². The number of carbonyl (C=O) groups is 1. The van der Waals surface area contributed by atoms with Crippen LogP contribution in [-0.2, 0) is 23.7 Å². The Morgan fingerprint density at radius 2 is 1.48 bits per heavy atom. The average Bonchev–Trinajstić information content (AvgIpc) is 3.17. The molecule has 10 heteroatoms. The maximum absolute atomic E-state index is 13.4. The molecule has 0 radical (unpaired) electrons. The molecule has 1 saturated heterocycles. The minimum Gasteiger partial charge on any atom is -0.379 e. The lowest BCUT2D eigenvalue weighted by molar-refractivity contribution is -0.176. The van der Waals surface area contributed by atoms with E-state index in [-0.39, 0.29) is 17.8 Å². The Hall–Kier alpha value is -2.63. The van der Waals surface area contributed by atoms with Crippen LogP contribution in [-0.4, -0.2) is 72.9 Å². The summed E-state index contributed by atoms with van der Waals surface area (Å²) >= 11 is 0. The minimum atomic E-state index is -0.697. The number of anilines is 1. The van der Waals surface area contributed by atoms with Gasteiger partial charge in [0.1, 0.15) is 30.4 Å². The molecule has 0 unspecified atom stereocenters. The molecule has 3 rings (SSSR count). The Morgan fingerprint density at radius 3 is 2.11 bits per heavy atom. The smallest absolute Gasteiger partial charge is 0.351 e. The summed E-state index contributed by atoms with van der Waals surface area (Å²) in [5.41, 5.74) is -0.0561. The zero-order valence-corrected chi connectivity index (χ0v) is 27.1. The first-order valence-corrected chi connectivity index (χ1v) is 16.6. The van der Waals surface area contributed by atoms with E-state index in [2.05, 4.69) is 38.0 Å². The largest absolute Gasteiger partial charge is 0.379 e. The van der Waals surface area contributed by atoms with Crippen molar-refractivity contribution in [2.45, 2.75) is 116 Å². The number of amides is 1. The van der Waals surface area contributed by atoms with Crippen molar-refractivity contribution in [2.24, 2.45) is 0 Å². The van der Waals surface area contributed by atoms with Gasteiger partial charge in [-0.1, -0.05) is 71.6 Å². The van der Waals surface area contributed by atoms with Gasteiger partial charge in [-0.05, 0) is 43.9 Å². The lowest BCUT2D eigenvalue weighted by Crippen LogP contribution is -2.49. The van der Waals surface area contributed by atoms with E-state index in [0.29, 0.717) is 45.0 Å². The number of nitrogens with zero attached hydrogens (tertiary/aromatic N) is 2. The molecule has 1 aromatic heterocycles. The molecule has 1 aromatic carbocycles. The average molecular weight is 616 g/mol. The van der Waals surface area contributed by atoms with Crippen molar-refractivity contribution in [3.8, 4) is 0 Å². The third-order valence-corrected chi connectivity index (χ3v) is 7.61. The molecular formula is C34H53N3O7. The Morgan fingerprint density at radius 1 is 0.864 bits per heavy atom. The molecule has 1 aliphatic heterocycles. The molecule has 2 aromatic rings. The Kier molecular flexibility index (Phi) is 16.6. The summed E-state index contributed by atoms with van der Waals surface area (Å²) in [6, 6.07) is 10.4. The van der Waals surface area contributed by atoms with E-state index in [4.69, 9.17) is 23.7 Å². The third-order valence-electron chi connectivity index (χ3n) is 7.61. The second-order valence-corrected chi connectivity index (χ2v) is 11.3. The molecule has 246 valence electrons. The maximum atomic E-state index is 13.4. The molecule has 1 fully saturated rings. The molecule has 5 atom stereocenters. The first-order chi connectivity index (χ1) is 21.5. The normalized spacial score (nSPS) is 22.0. The van der Waals surface area contributed by atoms with E-state index in [1.807, 2.05) is 6.07 Å². The molecule has 1 N–H and O–H groups in total. The van der Waals surface area contributed by atoms with Gasteiger partial charge in [0.2, 0.25) is 0 Å². The van der Waals surface area contributed by atoms with Crippen LogP contribution < -0.4 is 11.0 Å². The molecule has 44 heavy (non-hydrogen) atoms. The number of carbonyl (C=O) groups excluding carboxylic acids is 1. The van der Waals surface area contributed by atoms with Crippen LogP contribution in [0.3, 0.4) is 0 Å². The van der Waals surface area contributed by atoms with Gasteiger partial charge >= 0.3 is 5.69 Å². The highest BCUT2D eigenvalue weighted by Gasteiger charge is 2.44. The van der Waals surface area contributed by atoms with E-state index in [0.717, 1.165) is 51.4 Å². The second-order valence-electron chi connectivity index (χ2n) is 11.3. The molecule has 1 amide bonds. The third kappa shape index (κ3) is 11.4. The van der Waals surface area contributed by atoms with Crippen LogP contribution in [0.25, 0.3) is 0 Å².